The van der Waals surface area contributed by atoms with E-state index in [0.717, 1.165) is 19.6 Å². The molecule has 0 heterocycles. The largest absolute Gasteiger partial charge is 0.762 e. The SMILES string of the molecule is CCCCN(CCCC)[P+](N(C)CC)(N(C)CC)N(C)CC.FB(F)F. The van der Waals surface area contributed by atoms with E-state index in [9.17, 15) is 12.9 Å². The molecule has 0 aliphatic rings. The van der Waals surface area contributed by atoms with Crippen molar-refractivity contribution >= 4 is 15.4 Å². The molecule has 0 spiro atoms. The molecule has 4 nitrogen and oxygen atoms in total. The Balaban J connectivity index is 0. The van der Waals surface area contributed by atoms with Gasteiger partial charge in [0.15, 0.2) is 0 Å². The van der Waals surface area contributed by atoms with Crippen LogP contribution in [0.3, 0.4) is 0 Å². The van der Waals surface area contributed by atoms with Gasteiger partial charge in [0.05, 0.1) is 0 Å². The fraction of sp³-hybridized carbons (Fsp3) is 1.00. The molecule has 0 bridgehead atoms. The van der Waals surface area contributed by atoms with Crippen LogP contribution in [0.25, 0.3) is 0 Å². The third kappa shape index (κ3) is 8.88. The van der Waals surface area contributed by atoms with Crippen LogP contribution in [-0.4, -0.2) is 80.1 Å². The van der Waals surface area contributed by atoms with Gasteiger partial charge in [-0.15, -0.1) is 18.7 Å². The molecule has 26 heavy (non-hydrogen) atoms. The molecule has 0 fully saturated rings. The van der Waals surface area contributed by atoms with Crippen molar-refractivity contribution in [1.29, 1.82) is 0 Å². The van der Waals surface area contributed by atoms with Crippen molar-refractivity contribution in [2.45, 2.75) is 60.3 Å². The lowest BCUT2D eigenvalue weighted by Gasteiger charge is -2.48. The summed E-state index contributed by atoms with van der Waals surface area (Å²) in [6.45, 7) is 17.2. The van der Waals surface area contributed by atoms with Gasteiger partial charge in [-0.05, 0) is 33.6 Å². The zero-order chi connectivity index (χ0) is 20.8. The summed E-state index contributed by atoms with van der Waals surface area (Å²) in [6, 6.07) is 0. The quantitative estimate of drug-likeness (QED) is 0.307. The van der Waals surface area contributed by atoms with E-state index in [0.29, 0.717) is 0 Å². The molecule has 0 rings (SSSR count). The van der Waals surface area contributed by atoms with Crippen molar-refractivity contribution in [2.75, 3.05) is 53.9 Å². The molecular formula is C17H42BF3N4P+. The highest BCUT2D eigenvalue weighted by molar-refractivity contribution is 7.66. The molecule has 0 aromatic heterocycles. The van der Waals surface area contributed by atoms with Crippen LogP contribution < -0.4 is 0 Å². The van der Waals surface area contributed by atoms with Crippen molar-refractivity contribution in [2.24, 2.45) is 0 Å². The van der Waals surface area contributed by atoms with Gasteiger partial charge in [-0.3, -0.25) is 12.9 Å². The summed E-state index contributed by atoms with van der Waals surface area (Å²) in [5.41, 5.74) is 0. The summed E-state index contributed by atoms with van der Waals surface area (Å²) in [4.78, 5) is 0. The molecule has 0 radical (unpaired) electrons. The highest BCUT2D eigenvalue weighted by Crippen LogP contribution is 2.68. The second-order valence-electron chi connectivity index (χ2n) is 6.37. The van der Waals surface area contributed by atoms with Crippen molar-refractivity contribution < 1.29 is 12.9 Å². The van der Waals surface area contributed by atoms with E-state index in [1.165, 1.54) is 38.8 Å². The summed E-state index contributed by atoms with van der Waals surface area (Å²) >= 11 is 0. The molecule has 0 saturated carbocycles. The number of halogens is 3. The average Bonchev–Trinajstić information content (AvgIpc) is 2.62. The van der Waals surface area contributed by atoms with Gasteiger partial charge in [-0.25, -0.2) is 0 Å². The van der Waals surface area contributed by atoms with Crippen LogP contribution in [0.5, 0.6) is 0 Å². The van der Waals surface area contributed by atoms with Crippen molar-refractivity contribution in [3.63, 3.8) is 0 Å². The lowest BCUT2D eigenvalue weighted by atomic mass is 10.3. The van der Waals surface area contributed by atoms with Crippen LogP contribution in [0.15, 0.2) is 0 Å². The monoisotopic (exact) mass is 401 g/mol. The fourth-order valence-corrected chi connectivity index (χ4v) is 7.88. The summed E-state index contributed by atoms with van der Waals surface area (Å²) in [6.07, 6.45) is 5.12. The lowest BCUT2D eigenvalue weighted by molar-refractivity contribution is 0.284. The van der Waals surface area contributed by atoms with Crippen LogP contribution in [0.1, 0.15) is 60.3 Å². The Bertz CT molecular complexity index is 293. The molecule has 0 saturated heterocycles. The molecule has 0 aliphatic heterocycles. The Kier molecular flexibility index (Phi) is 17.6. The van der Waals surface area contributed by atoms with Gasteiger partial charge in [-0.2, -0.15) is 0 Å². The number of hydrogen-bond acceptors (Lipinski definition) is 4. The molecule has 0 unspecified atom stereocenters. The molecule has 0 aromatic rings. The maximum Gasteiger partial charge on any atom is 0.762 e. The molecule has 0 aromatic carbocycles. The van der Waals surface area contributed by atoms with Gasteiger partial charge in [0, 0.05) is 53.9 Å². The average molecular weight is 401 g/mol. The summed E-state index contributed by atoms with van der Waals surface area (Å²) in [7, 11) is 1.68. The Morgan fingerprint density at radius 2 is 0.923 bits per heavy atom. The Morgan fingerprint density at radius 1 is 0.654 bits per heavy atom. The van der Waals surface area contributed by atoms with Crippen molar-refractivity contribution in [3.05, 3.63) is 0 Å². The molecule has 0 N–H and O–H groups in total. The summed E-state index contributed by atoms with van der Waals surface area (Å²) < 4.78 is 39.7. The van der Waals surface area contributed by atoms with Crippen LogP contribution >= 0.6 is 7.87 Å². The van der Waals surface area contributed by atoms with Gasteiger partial charge in [0.1, 0.15) is 0 Å². The predicted molar refractivity (Wildman–Crippen MR) is 112 cm³/mol. The molecular weight excluding hydrogens is 359 g/mol. The van der Waals surface area contributed by atoms with Crippen LogP contribution in [0.4, 0.5) is 12.9 Å². The highest BCUT2D eigenvalue weighted by atomic mass is 31.2. The van der Waals surface area contributed by atoms with E-state index in [4.69, 9.17) is 0 Å². The van der Waals surface area contributed by atoms with Gasteiger partial charge < -0.3 is 0 Å². The molecule has 0 amide bonds. The Labute approximate surface area is 161 Å². The van der Waals surface area contributed by atoms with Crippen LogP contribution in [-0.2, 0) is 0 Å². The maximum atomic E-state index is 9.67. The Morgan fingerprint density at radius 3 is 1.12 bits per heavy atom. The molecule has 0 atom stereocenters. The lowest BCUT2D eigenvalue weighted by Crippen LogP contribution is -2.50. The third-order valence-corrected chi connectivity index (χ3v) is 9.42. The second-order valence-corrected chi connectivity index (χ2v) is 10.1. The first-order valence-corrected chi connectivity index (χ1v) is 11.5. The fourth-order valence-electron chi connectivity index (χ4n) is 3.06. The normalized spacial score (nSPS) is 12.1. The minimum absolute atomic E-state index is 1.09. The van der Waals surface area contributed by atoms with E-state index >= 15 is 0 Å². The van der Waals surface area contributed by atoms with E-state index in [-0.39, 0.29) is 0 Å². The standard InChI is InChI=1S/C17H42N4P.BF3/c1-9-14-16-21(17-15-10-2)22(18(6)11-3,19(7)12-4)20(8)13-5;2-1(3)4/h9-17H2,1-8H3;/q+1;. The number of nitrogens with zero attached hydrogens (tertiary/aromatic N) is 4. The Hall–Kier alpha value is 0.125. The van der Waals surface area contributed by atoms with Crippen LogP contribution in [0, 0.1) is 0 Å². The topological polar surface area (TPSA) is 13.0 Å². The zero-order valence-corrected chi connectivity index (χ0v) is 19.2. The predicted octanol–water partition coefficient (Wildman–Crippen LogP) is 5.30. The number of unbranched alkanes of at least 4 members (excludes halogenated alkanes) is 2. The maximum absolute atomic E-state index is 9.67. The second kappa shape index (κ2) is 16.1. The number of rotatable bonds is 13. The van der Waals surface area contributed by atoms with Crippen molar-refractivity contribution in [3.8, 4) is 0 Å². The van der Waals surface area contributed by atoms with Gasteiger partial charge in [-0.1, -0.05) is 26.7 Å². The zero-order valence-electron chi connectivity index (χ0n) is 18.3. The minimum Gasteiger partial charge on any atom is -0.254 e. The highest BCUT2D eigenvalue weighted by Gasteiger charge is 2.56. The minimum atomic E-state index is -3.67. The van der Waals surface area contributed by atoms with Gasteiger partial charge in [0.25, 0.3) is 0 Å². The summed E-state index contributed by atoms with van der Waals surface area (Å²) in [5.74, 6) is 0. The van der Waals surface area contributed by atoms with Gasteiger partial charge >= 0.3 is 15.4 Å². The van der Waals surface area contributed by atoms with Gasteiger partial charge in [0.2, 0.25) is 0 Å². The third-order valence-electron chi connectivity index (χ3n) is 4.67. The van der Waals surface area contributed by atoms with E-state index < -0.39 is 15.4 Å². The molecule has 158 valence electrons. The summed E-state index contributed by atoms with van der Waals surface area (Å²) in [5, 5.41) is 0. The molecule has 9 heteroatoms. The molecule has 0 aliphatic carbocycles. The van der Waals surface area contributed by atoms with E-state index in [1.807, 2.05) is 0 Å². The van der Waals surface area contributed by atoms with E-state index in [1.54, 1.807) is 0 Å². The first-order chi connectivity index (χ1) is 12.2. The smallest absolute Gasteiger partial charge is 0.254 e. The first kappa shape index (κ1) is 28.3. The van der Waals surface area contributed by atoms with Crippen molar-refractivity contribution in [1.82, 2.24) is 18.7 Å². The van der Waals surface area contributed by atoms with E-state index in [2.05, 4.69) is 74.4 Å². The van der Waals surface area contributed by atoms with Crippen LogP contribution in [0.2, 0.25) is 0 Å². The first-order valence-electron chi connectivity index (χ1n) is 9.91. The number of hydrogen-bond donors (Lipinski definition) is 0.